The molecule has 0 radical (unpaired) electrons. The molecule has 0 aliphatic carbocycles. The molecule has 1 heterocycles. The maximum absolute atomic E-state index is 11.1. The van der Waals surface area contributed by atoms with E-state index < -0.39 is 6.09 Å². The zero-order chi connectivity index (χ0) is 11.8. The van der Waals surface area contributed by atoms with Crippen LogP contribution in [0.5, 0.6) is 0 Å². The quantitative estimate of drug-likeness (QED) is 0.689. The Hall–Kier alpha value is -1.25. The highest BCUT2D eigenvalue weighted by atomic mass is 16.5. The molecule has 16 heavy (non-hydrogen) atoms. The average Bonchev–Trinajstić information content (AvgIpc) is 2.31. The summed E-state index contributed by atoms with van der Waals surface area (Å²) < 4.78 is 10.00. The van der Waals surface area contributed by atoms with Crippen LogP contribution in [0.15, 0.2) is 0 Å². The number of alkyl carbamates (subject to hydrolysis) is 1. The van der Waals surface area contributed by atoms with E-state index >= 15 is 0 Å². The van der Waals surface area contributed by atoms with Crippen LogP contribution in [0, 0.1) is 12.3 Å². The molecule has 5 nitrogen and oxygen atoms in total. The van der Waals surface area contributed by atoms with E-state index in [2.05, 4.69) is 16.1 Å². The van der Waals surface area contributed by atoms with Crippen molar-refractivity contribution in [1.82, 2.24) is 10.2 Å². The molecule has 0 saturated carbocycles. The number of hydrogen-bond donors (Lipinski definition) is 1. The second-order valence-electron chi connectivity index (χ2n) is 3.43. The largest absolute Gasteiger partial charge is 0.450 e. The van der Waals surface area contributed by atoms with Gasteiger partial charge in [-0.05, 0) is 6.92 Å². The lowest BCUT2D eigenvalue weighted by Gasteiger charge is -2.31. The van der Waals surface area contributed by atoms with E-state index in [1.165, 1.54) is 0 Å². The summed E-state index contributed by atoms with van der Waals surface area (Å²) in [5, 5.41) is 2.65. The first kappa shape index (κ1) is 12.8. The third-order valence-electron chi connectivity index (χ3n) is 2.39. The van der Waals surface area contributed by atoms with Crippen LogP contribution < -0.4 is 5.32 Å². The molecule has 1 N–H and O–H groups in total. The number of terminal acetylenes is 1. The molecule has 0 aromatic carbocycles. The van der Waals surface area contributed by atoms with Gasteiger partial charge in [0.05, 0.1) is 25.9 Å². The van der Waals surface area contributed by atoms with Crippen molar-refractivity contribution in [3.63, 3.8) is 0 Å². The number of morpholine rings is 1. The van der Waals surface area contributed by atoms with Gasteiger partial charge in [0.2, 0.25) is 0 Å². The van der Waals surface area contributed by atoms with Crippen molar-refractivity contribution in [1.29, 1.82) is 0 Å². The van der Waals surface area contributed by atoms with Gasteiger partial charge in [-0.1, -0.05) is 5.92 Å². The maximum Gasteiger partial charge on any atom is 0.407 e. The third-order valence-corrected chi connectivity index (χ3v) is 2.39. The Morgan fingerprint density at radius 3 is 2.88 bits per heavy atom. The standard InChI is InChI=1S/C11H18N2O3/c1-3-10(9-12-11(14)16-4-2)13-5-7-15-8-6-13/h1,10H,4-9H2,2H3,(H,12,14). The number of nitrogens with zero attached hydrogens (tertiary/aromatic N) is 1. The number of ether oxygens (including phenoxy) is 2. The van der Waals surface area contributed by atoms with Crippen LogP contribution in [0.4, 0.5) is 4.79 Å². The van der Waals surface area contributed by atoms with Crippen molar-refractivity contribution in [3.8, 4) is 12.3 Å². The van der Waals surface area contributed by atoms with E-state index in [1.807, 2.05) is 0 Å². The minimum Gasteiger partial charge on any atom is -0.450 e. The maximum atomic E-state index is 11.1. The van der Waals surface area contributed by atoms with E-state index in [4.69, 9.17) is 15.9 Å². The molecule has 0 aromatic heterocycles. The SMILES string of the molecule is C#CC(CNC(=O)OCC)N1CCOCC1. The summed E-state index contributed by atoms with van der Waals surface area (Å²) in [6.45, 7) is 5.54. The van der Waals surface area contributed by atoms with Gasteiger partial charge in [-0.25, -0.2) is 4.79 Å². The monoisotopic (exact) mass is 226 g/mol. The van der Waals surface area contributed by atoms with Crippen LogP contribution in [-0.4, -0.2) is 56.5 Å². The van der Waals surface area contributed by atoms with Crippen molar-refractivity contribution in [2.75, 3.05) is 39.5 Å². The lowest BCUT2D eigenvalue weighted by Crippen LogP contribution is -2.48. The van der Waals surface area contributed by atoms with Gasteiger partial charge in [-0.15, -0.1) is 6.42 Å². The molecule has 1 rings (SSSR count). The third kappa shape index (κ3) is 4.09. The smallest absolute Gasteiger partial charge is 0.407 e. The van der Waals surface area contributed by atoms with Crippen LogP contribution in [0.3, 0.4) is 0 Å². The summed E-state index contributed by atoms with van der Waals surface area (Å²) >= 11 is 0. The molecule has 1 amide bonds. The molecule has 0 bridgehead atoms. The van der Waals surface area contributed by atoms with E-state index in [0.717, 1.165) is 13.1 Å². The highest BCUT2D eigenvalue weighted by Crippen LogP contribution is 2.02. The lowest BCUT2D eigenvalue weighted by molar-refractivity contribution is 0.0273. The van der Waals surface area contributed by atoms with Crippen molar-refractivity contribution in [2.45, 2.75) is 13.0 Å². The Labute approximate surface area is 96.1 Å². The Kier molecular flexibility index (Phi) is 5.68. The molecule has 90 valence electrons. The van der Waals surface area contributed by atoms with Crippen LogP contribution in [-0.2, 0) is 9.47 Å². The highest BCUT2D eigenvalue weighted by Gasteiger charge is 2.19. The predicted molar refractivity (Wildman–Crippen MR) is 60.0 cm³/mol. The number of amides is 1. The van der Waals surface area contributed by atoms with Gasteiger partial charge in [0.15, 0.2) is 0 Å². The van der Waals surface area contributed by atoms with Gasteiger partial charge in [0.1, 0.15) is 0 Å². The van der Waals surface area contributed by atoms with E-state index in [1.54, 1.807) is 6.92 Å². The second kappa shape index (κ2) is 7.09. The topological polar surface area (TPSA) is 50.8 Å². The fourth-order valence-corrected chi connectivity index (χ4v) is 1.54. The summed E-state index contributed by atoms with van der Waals surface area (Å²) in [6, 6.07) is -0.0895. The Morgan fingerprint density at radius 1 is 1.62 bits per heavy atom. The minimum atomic E-state index is -0.420. The molecule has 1 aliphatic heterocycles. The Balaban J connectivity index is 2.31. The first-order chi connectivity index (χ1) is 7.77. The molecule has 0 spiro atoms. The van der Waals surface area contributed by atoms with Gasteiger partial charge in [0, 0.05) is 19.6 Å². The Morgan fingerprint density at radius 2 is 2.31 bits per heavy atom. The molecule has 5 heteroatoms. The van der Waals surface area contributed by atoms with Crippen molar-refractivity contribution < 1.29 is 14.3 Å². The Bertz CT molecular complexity index is 256. The van der Waals surface area contributed by atoms with Gasteiger partial charge < -0.3 is 14.8 Å². The van der Waals surface area contributed by atoms with E-state index in [-0.39, 0.29) is 6.04 Å². The lowest BCUT2D eigenvalue weighted by atomic mass is 10.2. The summed E-state index contributed by atoms with van der Waals surface area (Å²) in [5.74, 6) is 2.67. The molecule has 1 unspecified atom stereocenters. The average molecular weight is 226 g/mol. The van der Waals surface area contributed by atoms with Crippen molar-refractivity contribution >= 4 is 6.09 Å². The van der Waals surface area contributed by atoms with Crippen LogP contribution in [0.25, 0.3) is 0 Å². The first-order valence-corrected chi connectivity index (χ1v) is 5.46. The van der Waals surface area contributed by atoms with E-state index in [9.17, 15) is 4.79 Å². The molecular weight excluding hydrogens is 208 g/mol. The van der Waals surface area contributed by atoms with Crippen molar-refractivity contribution in [3.05, 3.63) is 0 Å². The highest BCUT2D eigenvalue weighted by molar-refractivity contribution is 5.67. The zero-order valence-corrected chi connectivity index (χ0v) is 9.57. The fraction of sp³-hybridized carbons (Fsp3) is 0.727. The second-order valence-corrected chi connectivity index (χ2v) is 3.43. The zero-order valence-electron chi connectivity index (χ0n) is 9.57. The number of carbonyl (C=O) groups is 1. The molecule has 1 aliphatic rings. The van der Waals surface area contributed by atoms with Gasteiger partial charge >= 0.3 is 6.09 Å². The molecular formula is C11H18N2O3. The summed E-state index contributed by atoms with van der Waals surface area (Å²) in [6.07, 6.45) is 5.02. The minimum absolute atomic E-state index is 0.0895. The number of carbonyl (C=O) groups excluding carboxylic acids is 1. The van der Waals surface area contributed by atoms with Crippen LogP contribution in [0.2, 0.25) is 0 Å². The number of hydrogen-bond acceptors (Lipinski definition) is 4. The first-order valence-electron chi connectivity index (χ1n) is 5.46. The molecule has 1 saturated heterocycles. The van der Waals surface area contributed by atoms with Crippen LogP contribution >= 0.6 is 0 Å². The summed E-state index contributed by atoms with van der Waals surface area (Å²) in [5.41, 5.74) is 0. The molecule has 1 atom stereocenters. The van der Waals surface area contributed by atoms with Crippen molar-refractivity contribution in [2.24, 2.45) is 0 Å². The normalized spacial score (nSPS) is 18.5. The van der Waals surface area contributed by atoms with Gasteiger partial charge in [-0.3, -0.25) is 4.90 Å². The molecule has 1 fully saturated rings. The predicted octanol–water partition coefficient (Wildman–Crippen LogP) is 0.0665. The summed E-state index contributed by atoms with van der Waals surface area (Å²) in [4.78, 5) is 13.2. The van der Waals surface area contributed by atoms with E-state index in [0.29, 0.717) is 26.4 Å². The number of nitrogens with one attached hydrogen (secondary N) is 1. The van der Waals surface area contributed by atoms with Crippen LogP contribution in [0.1, 0.15) is 6.92 Å². The number of rotatable bonds is 4. The van der Waals surface area contributed by atoms with Gasteiger partial charge in [-0.2, -0.15) is 0 Å². The van der Waals surface area contributed by atoms with Gasteiger partial charge in [0.25, 0.3) is 0 Å². The summed E-state index contributed by atoms with van der Waals surface area (Å²) in [7, 11) is 0. The molecule has 0 aromatic rings. The fourth-order valence-electron chi connectivity index (χ4n) is 1.54.